The van der Waals surface area contributed by atoms with Crippen molar-refractivity contribution in [3.8, 4) is 0 Å². The Morgan fingerprint density at radius 3 is 2.50 bits per heavy atom. The minimum Gasteiger partial charge on any atom is -0.469 e. The van der Waals surface area contributed by atoms with Crippen LogP contribution in [0.1, 0.15) is 45.4 Å². The van der Waals surface area contributed by atoms with E-state index in [1.807, 2.05) is 6.07 Å². The molecule has 0 atom stereocenters. The number of unbranched alkanes of at least 4 members (excludes halogenated alkanes) is 2. The highest BCUT2D eigenvalue weighted by molar-refractivity contribution is 9.10. The van der Waals surface area contributed by atoms with Gasteiger partial charge in [-0.3, -0.25) is 9.59 Å². The number of carbonyl (C=O) groups excluding carboxylic acids is 2. The summed E-state index contributed by atoms with van der Waals surface area (Å²) in [6.45, 7) is 1.57. The average Bonchev–Trinajstić information content (AvgIpc) is 2.60. The molecule has 0 N–H and O–H groups in total. The zero-order valence-corrected chi connectivity index (χ0v) is 17.6. The SMILES string of the molecule is COC(=O)CCCCCN(c1cccc(Br)c1)C(=O)[C@H]1C[C@](C)(C(F)(F)F)C1. The van der Waals surface area contributed by atoms with E-state index in [1.165, 1.54) is 14.0 Å². The summed E-state index contributed by atoms with van der Waals surface area (Å²) in [4.78, 5) is 25.7. The van der Waals surface area contributed by atoms with E-state index >= 15 is 0 Å². The number of ether oxygens (including phenoxy) is 1. The first-order valence-corrected chi connectivity index (χ1v) is 10.1. The summed E-state index contributed by atoms with van der Waals surface area (Å²) in [5.74, 6) is -1.17. The lowest BCUT2D eigenvalue weighted by Gasteiger charge is -2.46. The second kappa shape index (κ2) is 9.29. The highest BCUT2D eigenvalue weighted by atomic mass is 79.9. The number of hydrogen-bond acceptors (Lipinski definition) is 3. The number of rotatable bonds is 8. The molecule has 1 saturated carbocycles. The second-order valence-electron chi connectivity index (χ2n) is 7.52. The van der Waals surface area contributed by atoms with Crippen molar-refractivity contribution in [2.45, 2.75) is 51.6 Å². The molecule has 0 aliphatic heterocycles. The van der Waals surface area contributed by atoms with E-state index in [0.29, 0.717) is 31.5 Å². The van der Waals surface area contributed by atoms with Gasteiger partial charge in [0.15, 0.2) is 0 Å². The van der Waals surface area contributed by atoms with Crippen molar-refractivity contribution < 1.29 is 27.5 Å². The van der Waals surface area contributed by atoms with Crippen LogP contribution in [-0.4, -0.2) is 31.7 Å². The number of alkyl halides is 3. The van der Waals surface area contributed by atoms with Crippen LogP contribution in [0.3, 0.4) is 0 Å². The summed E-state index contributed by atoms with van der Waals surface area (Å²) in [6.07, 6.45) is -2.32. The van der Waals surface area contributed by atoms with Crippen molar-refractivity contribution in [1.29, 1.82) is 0 Å². The number of anilines is 1. The maximum atomic E-state index is 13.1. The standard InChI is InChI=1S/C20H25BrF3NO3/c1-19(20(22,23)24)12-14(13-19)18(27)25(16-8-6-7-15(21)11-16)10-5-3-4-9-17(26)28-2/h6-8,11,14H,3-5,9-10,12-13H2,1-2H3/t14-,19-. The van der Waals surface area contributed by atoms with Gasteiger partial charge >= 0.3 is 12.1 Å². The summed E-state index contributed by atoms with van der Waals surface area (Å²) in [7, 11) is 1.34. The number of esters is 1. The van der Waals surface area contributed by atoms with Crippen LogP contribution in [0, 0.1) is 11.3 Å². The van der Waals surface area contributed by atoms with E-state index in [-0.39, 0.29) is 24.7 Å². The molecule has 4 nitrogen and oxygen atoms in total. The molecule has 1 aliphatic rings. The molecule has 0 heterocycles. The van der Waals surface area contributed by atoms with Gasteiger partial charge in [0.2, 0.25) is 5.91 Å². The Bertz CT molecular complexity index is 702. The number of halogens is 4. The summed E-state index contributed by atoms with van der Waals surface area (Å²) < 4.78 is 44.7. The molecule has 0 bridgehead atoms. The Kier molecular flexibility index (Phi) is 7.53. The third-order valence-corrected chi connectivity index (χ3v) is 5.80. The van der Waals surface area contributed by atoms with Crippen molar-refractivity contribution in [3.05, 3.63) is 28.7 Å². The molecule has 1 amide bonds. The molecule has 1 aromatic rings. The molecule has 28 heavy (non-hydrogen) atoms. The lowest BCUT2D eigenvalue weighted by molar-refractivity contribution is -0.253. The minimum absolute atomic E-state index is 0.178. The summed E-state index contributed by atoms with van der Waals surface area (Å²) in [5.41, 5.74) is -1.12. The molecule has 0 radical (unpaired) electrons. The minimum atomic E-state index is -4.29. The second-order valence-corrected chi connectivity index (χ2v) is 8.44. The van der Waals surface area contributed by atoms with Crippen LogP contribution in [0.15, 0.2) is 28.7 Å². The first-order chi connectivity index (χ1) is 13.1. The van der Waals surface area contributed by atoms with Crippen LogP contribution in [-0.2, 0) is 14.3 Å². The Morgan fingerprint density at radius 2 is 1.93 bits per heavy atom. The largest absolute Gasteiger partial charge is 0.469 e. The smallest absolute Gasteiger partial charge is 0.394 e. The molecule has 1 aliphatic carbocycles. The zero-order valence-electron chi connectivity index (χ0n) is 16.0. The third kappa shape index (κ3) is 5.49. The monoisotopic (exact) mass is 463 g/mol. The van der Waals surface area contributed by atoms with Gasteiger partial charge in [-0.1, -0.05) is 35.3 Å². The first-order valence-electron chi connectivity index (χ1n) is 9.28. The predicted octanol–water partition coefficient (Wildman–Crippen LogP) is 5.49. The highest BCUT2D eigenvalue weighted by Crippen LogP contribution is 2.56. The molecule has 1 aromatic carbocycles. The molecular weight excluding hydrogens is 439 g/mol. The van der Waals surface area contributed by atoms with Gasteiger partial charge in [0.1, 0.15) is 0 Å². The molecule has 0 unspecified atom stereocenters. The average molecular weight is 464 g/mol. The van der Waals surface area contributed by atoms with Crippen molar-refractivity contribution in [2.24, 2.45) is 11.3 Å². The topological polar surface area (TPSA) is 46.6 Å². The van der Waals surface area contributed by atoms with Crippen LogP contribution in [0.2, 0.25) is 0 Å². The Labute approximate surface area is 171 Å². The molecular formula is C20H25BrF3NO3. The van der Waals surface area contributed by atoms with Crippen LogP contribution >= 0.6 is 15.9 Å². The molecule has 156 valence electrons. The van der Waals surface area contributed by atoms with Gasteiger partial charge in [0.05, 0.1) is 12.5 Å². The predicted molar refractivity (Wildman–Crippen MR) is 104 cm³/mol. The number of methoxy groups -OCH3 is 1. The molecule has 0 aromatic heterocycles. The van der Waals surface area contributed by atoms with Crippen molar-refractivity contribution in [1.82, 2.24) is 0 Å². The van der Waals surface area contributed by atoms with Crippen LogP contribution in [0.5, 0.6) is 0 Å². The van der Waals surface area contributed by atoms with E-state index in [2.05, 4.69) is 20.7 Å². The maximum absolute atomic E-state index is 13.1. The molecule has 8 heteroatoms. The lowest BCUT2D eigenvalue weighted by atomic mass is 9.62. The van der Waals surface area contributed by atoms with E-state index in [9.17, 15) is 22.8 Å². The number of nitrogens with zero attached hydrogens (tertiary/aromatic N) is 1. The van der Waals surface area contributed by atoms with Crippen molar-refractivity contribution in [2.75, 3.05) is 18.6 Å². The van der Waals surface area contributed by atoms with Crippen LogP contribution in [0.25, 0.3) is 0 Å². The quantitative estimate of drug-likeness (QED) is 0.378. The number of benzene rings is 1. The van der Waals surface area contributed by atoms with Crippen LogP contribution < -0.4 is 4.90 Å². The number of carbonyl (C=O) groups is 2. The number of hydrogen-bond donors (Lipinski definition) is 0. The van der Waals surface area contributed by atoms with Gasteiger partial charge in [0.25, 0.3) is 0 Å². The molecule has 0 saturated heterocycles. The normalized spacial score (nSPS) is 21.7. The Balaban J connectivity index is 2.01. The van der Waals surface area contributed by atoms with Gasteiger partial charge in [-0.2, -0.15) is 13.2 Å². The van der Waals surface area contributed by atoms with E-state index < -0.39 is 17.5 Å². The van der Waals surface area contributed by atoms with E-state index in [0.717, 1.165) is 10.9 Å². The van der Waals surface area contributed by atoms with E-state index in [4.69, 9.17) is 0 Å². The first kappa shape index (κ1) is 22.7. The van der Waals surface area contributed by atoms with Gasteiger partial charge < -0.3 is 9.64 Å². The maximum Gasteiger partial charge on any atom is 0.394 e. The van der Waals surface area contributed by atoms with E-state index in [1.54, 1.807) is 23.1 Å². The Hall–Kier alpha value is -1.57. The third-order valence-electron chi connectivity index (χ3n) is 5.30. The molecule has 2 rings (SSSR count). The fraction of sp³-hybridized carbons (Fsp3) is 0.600. The summed E-state index contributed by atoms with van der Waals surface area (Å²) in [6, 6.07) is 7.18. The van der Waals surface area contributed by atoms with Gasteiger partial charge in [-0.25, -0.2) is 0 Å². The van der Waals surface area contributed by atoms with Gasteiger partial charge in [-0.05, 0) is 43.9 Å². The van der Waals surface area contributed by atoms with Gasteiger partial charge in [0, 0.05) is 29.0 Å². The molecule has 0 spiro atoms. The summed E-state index contributed by atoms with van der Waals surface area (Å²) >= 11 is 3.37. The highest BCUT2D eigenvalue weighted by Gasteiger charge is 2.60. The van der Waals surface area contributed by atoms with Crippen LogP contribution in [0.4, 0.5) is 18.9 Å². The fourth-order valence-corrected chi connectivity index (χ4v) is 3.87. The van der Waals surface area contributed by atoms with Gasteiger partial charge in [-0.15, -0.1) is 0 Å². The fourth-order valence-electron chi connectivity index (χ4n) is 3.48. The molecule has 1 fully saturated rings. The summed E-state index contributed by atoms with van der Waals surface area (Å²) in [5, 5.41) is 0. The van der Waals surface area contributed by atoms with Crippen molar-refractivity contribution >= 4 is 33.5 Å². The number of amides is 1. The lowest BCUT2D eigenvalue weighted by Crippen LogP contribution is -2.52. The van der Waals surface area contributed by atoms with Crippen molar-refractivity contribution in [3.63, 3.8) is 0 Å². The zero-order chi connectivity index (χ0) is 20.9. The Morgan fingerprint density at radius 1 is 1.25 bits per heavy atom.